The van der Waals surface area contributed by atoms with E-state index in [2.05, 4.69) is 4.99 Å². The van der Waals surface area contributed by atoms with Gasteiger partial charge in [-0.25, -0.2) is 0 Å². The summed E-state index contributed by atoms with van der Waals surface area (Å²) in [5.41, 5.74) is 0.757. The van der Waals surface area contributed by atoms with Gasteiger partial charge in [-0.3, -0.25) is 4.57 Å². The number of aliphatic imine (C=N–C) groups is 1. The summed E-state index contributed by atoms with van der Waals surface area (Å²) >= 11 is 0. The van der Waals surface area contributed by atoms with Gasteiger partial charge in [-0.15, -0.1) is 0 Å². The summed E-state index contributed by atoms with van der Waals surface area (Å²) in [7, 11) is -2.65. The third kappa shape index (κ3) is 9.22. The molecule has 1 rings (SSSR count). The molecule has 8 nitrogen and oxygen atoms in total. The number of benzene rings is 1. The van der Waals surface area contributed by atoms with Crippen molar-refractivity contribution < 1.29 is 33.0 Å². The zero-order chi connectivity index (χ0) is 20.8. The van der Waals surface area contributed by atoms with Gasteiger partial charge in [0.2, 0.25) is 0 Å². The van der Waals surface area contributed by atoms with Gasteiger partial charge in [-0.05, 0) is 13.8 Å². The summed E-state index contributed by atoms with van der Waals surface area (Å²) in [4.78, 5) is 14.8. The summed E-state index contributed by atoms with van der Waals surface area (Å²) in [6.45, 7) is 4.43. The Labute approximate surface area is 165 Å². The molecule has 1 N–H and O–H groups in total. The van der Waals surface area contributed by atoms with Crippen molar-refractivity contribution in [3.05, 3.63) is 42.0 Å². The third-order valence-corrected chi connectivity index (χ3v) is 5.42. The molecule has 0 aliphatic rings. The molecule has 0 bridgehead atoms. The molecule has 0 amide bonds. The van der Waals surface area contributed by atoms with Crippen LogP contribution in [0, 0.1) is 0 Å². The van der Waals surface area contributed by atoms with Crippen LogP contribution >= 0.6 is 7.60 Å². The van der Waals surface area contributed by atoms with Crippen LogP contribution in [0.1, 0.15) is 19.4 Å². The van der Waals surface area contributed by atoms with E-state index in [1.165, 1.54) is 0 Å². The van der Waals surface area contributed by atoms with E-state index < -0.39 is 19.6 Å². The second-order valence-corrected chi connectivity index (χ2v) is 7.65. The van der Waals surface area contributed by atoms with Crippen LogP contribution in [0.3, 0.4) is 0 Å². The molecule has 0 aliphatic carbocycles. The van der Waals surface area contributed by atoms with Gasteiger partial charge in [0.25, 0.3) is 0 Å². The number of rotatable bonds is 14. The van der Waals surface area contributed by atoms with Crippen molar-refractivity contribution in [2.75, 3.05) is 26.0 Å². The molecule has 0 fully saturated rings. The first-order chi connectivity index (χ1) is 13.4. The molecule has 1 aromatic rings. The van der Waals surface area contributed by atoms with Gasteiger partial charge in [-0.2, -0.15) is 0 Å². The summed E-state index contributed by atoms with van der Waals surface area (Å²) < 4.78 is 38.5. The molecule has 0 saturated heterocycles. The molecule has 0 saturated carbocycles. The van der Waals surface area contributed by atoms with E-state index in [0.717, 1.165) is 11.7 Å². The second kappa shape index (κ2) is 13.2. The maximum atomic E-state index is 12.3. The Kier molecular flexibility index (Phi) is 11.3. The predicted molar refractivity (Wildman–Crippen MR) is 107 cm³/mol. The first kappa shape index (κ1) is 24.0. The van der Waals surface area contributed by atoms with Crippen LogP contribution in [0.4, 0.5) is 0 Å². The third-order valence-electron chi connectivity index (χ3n) is 3.46. The molecule has 0 spiro atoms. The van der Waals surface area contributed by atoms with Crippen LogP contribution in [-0.2, 0) is 29.5 Å². The van der Waals surface area contributed by atoms with Crippen LogP contribution in [0.15, 0.2) is 41.4 Å². The topological polar surface area (TPSA) is 111 Å². The Balaban J connectivity index is 2.52. The number of hydrogen-bond donors (Lipinski definition) is 1. The fraction of sp³-hybridized carbons (Fsp3) is 0.444. The number of ether oxygens (including phenoxy) is 1. The number of allylic oxidation sites excluding steroid dienone is 1. The minimum atomic E-state index is -3.09. The van der Waals surface area contributed by atoms with Gasteiger partial charge in [-0.1, -0.05) is 0 Å². The Hall–Kier alpha value is -2.09. The quantitative estimate of drug-likeness (QED) is 0.218. The number of carboxylic acid groups (broad SMARTS) is 1. The van der Waals surface area contributed by atoms with Crippen molar-refractivity contribution in [1.29, 1.82) is 0 Å². The Morgan fingerprint density at radius 3 is 2.39 bits per heavy atom. The predicted octanol–water partition coefficient (Wildman–Crippen LogP) is 2.96. The number of nitrogens with zero attached hydrogens (tertiary/aromatic N) is 1. The molecule has 28 heavy (non-hydrogen) atoms. The number of carboxylic acids is 1. The molecule has 0 heterocycles. The molecule has 0 aromatic heterocycles. The first-order valence-electron chi connectivity index (χ1n) is 8.88. The molecule has 10 heteroatoms. The Morgan fingerprint density at radius 1 is 1.21 bits per heavy atom. The van der Waals surface area contributed by atoms with E-state index in [4.69, 9.17) is 18.9 Å². The van der Waals surface area contributed by atoms with E-state index in [1.807, 2.05) is 0 Å². The van der Waals surface area contributed by atoms with Crippen LogP contribution in [0.5, 0.6) is 5.75 Å². The average Bonchev–Trinajstić information content (AvgIpc) is 2.66. The van der Waals surface area contributed by atoms with Gasteiger partial charge in [0.05, 0.1) is 19.4 Å². The van der Waals surface area contributed by atoms with Crippen LogP contribution in [-0.4, -0.2) is 56.4 Å². The molecule has 1 aromatic carbocycles. The number of hydrogen-bond acceptors (Lipinski definition) is 7. The van der Waals surface area contributed by atoms with Crippen molar-refractivity contribution in [2.45, 2.75) is 26.3 Å². The molecule has 0 radical (unpaired) electrons. The van der Waals surface area contributed by atoms with E-state index in [1.54, 1.807) is 50.3 Å². The van der Waals surface area contributed by atoms with Crippen LogP contribution in [0.2, 0.25) is 0 Å². The summed E-state index contributed by atoms with van der Waals surface area (Å²) in [5.74, 6) is -0.491. The van der Waals surface area contributed by atoms with Crippen LogP contribution in [0.25, 0.3) is 0 Å². The maximum Gasteiger partial charge on any atom is 0.0534 e. The van der Waals surface area contributed by atoms with E-state index in [0.29, 0.717) is 26.1 Å². The van der Waals surface area contributed by atoms with Gasteiger partial charge < -0.3 is 9.05 Å². The largest absolute Gasteiger partial charge is 0.309 e. The Bertz CT molecular complexity index is 711. The maximum absolute atomic E-state index is 12.3. The molecular formula is C18H25BNO7P. The van der Waals surface area contributed by atoms with Crippen LogP contribution < -0.4 is 4.74 Å². The molecular weight excluding hydrogens is 384 g/mol. The minimum absolute atomic E-state index is 0.171. The summed E-state index contributed by atoms with van der Waals surface area (Å²) in [6.07, 6.45) is 4.72. The smallest absolute Gasteiger partial charge is 0.0534 e. The Morgan fingerprint density at radius 2 is 1.86 bits per heavy atom. The molecule has 152 valence electrons. The van der Waals surface area contributed by atoms with Gasteiger partial charge >= 0.3 is 118 Å². The fourth-order valence-corrected chi connectivity index (χ4v) is 3.72. The first-order valence-corrected chi connectivity index (χ1v) is 10.6. The standard InChI is InChI=1S/C18H25BNO7P/c1-3-26-28(24,27-4-2)12-6-5-11-25-16-9-7-15(8-10-16)13-17(18(21)22)20-14-19-23/h5-10,14,17H,3-4,11-13H2,1-2H3,(H,21,22)/t17-/m0/s1. The zero-order valence-corrected chi connectivity index (χ0v) is 16.9. The molecule has 1 atom stereocenters. The fourth-order valence-electron chi connectivity index (χ4n) is 2.24. The van der Waals surface area contributed by atoms with Gasteiger partial charge in [0.1, 0.15) is 0 Å². The van der Waals surface area contributed by atoms with Crippen molar-refractivity contribution in [3.63, 3.8) is 0 Å². The molecule has 0 aliphatic heterocycles. The summed E-state index contributed by atoms with van der Waals surface area (Å²) in [6, 6.07) is 5.91. The zero-order valence-electron chi connectivity index (χ0n) is 16.0. The van der Waals surface area contributed by atoms with Crippen molar-refractivity contribution in [3.8, 4) is 5.75 Å². The average molecular weight is 409 g/mol. The summed E-state index contributed by atoms with van der Waals surface area (Å²) in [5, 5.41) is 9.11. The minimum Gasteiger partial charge on any atom is -0.309 e. The van der Waals surface area contributed by atoms with Gasteiger partial charge in [0, 0.05) is 0 Å². The number of aliphatic carboxylic acids is 1. The van der Waals surface area contributed by atoms with E-state index >= 15 is 0 Å². The monoisotopic (exact) mass is 409 g/mol. The van der Waals surface area contributed by atoms with E-state index in [9.17, 15) is 14.1 Å². The van der Waals surface area contributed by atoms with Crippen molar-refractivity contribution in [1.82, 2.24) is 0 Å². The number of carbonyl (C=O) groups is 1. The van der Waals surface area contributed by atoms with Crippen molar-refractivity contribution >= 4 is 26.8 Å². The SMILES string of the molecule is CCOP(=O)(CC=CCOc1ccc(C[C@H](N=CB=O)C(=O)O)cc1)OCC. The van der Waals surface area contributed by atoms with Crippen molar-refractivity contribution in [2.24, 2.45) is 4.99 Å². The van der Waals surface area contributed by atoms with E-state index in [-0.39, 0.29) is 19.2 Å². The second-order valence-electron chi connectivity index (χ2n) is 5.55. The molecule has 0 unspecified atom stereocenters. The van der Waals surface area contributed by atoms with Gasteiger partial charge in [0.15, 0.2) is 0 Å². The normalized spacial score (nSPS) is 12.9.